The number of hydrogen-bond acceptors (Lipinski definition) is 1. The van der Waals surface area contributed by atoms with Crippen LogP contribution in [0, 0.1) is 17.5 Å². The molecule has 0 aliphatic carbocycles. The fraction of sp³-hybridized carbons (Fsp3) is 0.0769. The molecule has 0 radical (unpaired) electrons. The van der Waals surface area contributed by atoms with Gasteiger partial charge in [-0.3, -0.25) is 0 Å². The first-order chi connectivity index (χ1) is 8.49. The molecular weight excluding hydrogens is 263 g/mol. The van der Waals surface area contributed by atoms with Gasteiger partial charge >= 0.3 is 0 Å². The molecule has 1 unspecified atom stereocenters. The van der Waals surface area contributed by atoms with Crippen molar-refractivity contribution in [1.82, 2.24) is 0 Å². The first-order valence-electron chi connectivity index (χ1n) is 5.14. The zero-order chi connectivity index (χ0) is 13.3. The Morgan fingerprint density at radius 2 is 1.67 bits per heavy atom. The Bertz CT molecular complexity index is 586. The van der Waals surface area contributed by atoms with E-state index in [1.54, 1.807) is 0 Å². The molecule has 1 nitrogen and oxygen atoms in total. The second-order valence-electron chi connectivity index (χ2n) is 3.82. The van der Waals surface area contributed by atoms with Crippen molar-refractivity contribution in [2.24, 2.45) is 5.73 Å². The minimum Gasteiger partial charge on any atom is -0.320 e. The normalized spacial score (nSPS) is 12.5. The predicted molar refractivity (Wildman–Crippen MR) is 63.8 cm³/mol. The van der Waals surface area contributed by atoms with Gasteiger partial charge in [-0.1, -0.05) is 17.7 Å². The van der Waals surface area contributed by atoms with E-state index < -0.39 is 23.5 Å². The van der Waals surface area contributed by atoms with E-state index in [2.05, 4.69) is 0 Å². The van der Waals surface area contributed by atoms with E-state index in [0.29, 0.717) is 11.1 Å². The van der Waals surface area contributed by atoms with Gasteiger partial charge in [-0.25, -0.2) is 13.2 Å². The summed E-state index contributed by atoms with van der Waals surface area (Å²) < 4.78 is 39.0. The average Bonchev–Trinajstić information content (AvgIpc) is 2.35. The van der Waals surface area contributed by atoms with E-state index in [4.69, 9.17) is 17.3 Å². The smallest absolute Gasteiger partial charge is 0.159 e. The average molecular weight is 272 g/mol. The SMILES string of the molecule is NC(c1ccc(F)c(F)c1)c1cc(F)ccc1Cl. The van der Waals surface area contributed by atoms with E-state index in [1.807, 2.05) is 0 Å². The predicted octanol–water partition coefficient (Wildman–Crippen LogP) is 3.81. The van der Waals surface area contributed by atoms with Crippen LogP contribution in [0.5, 0.6) is 0 Å². The molecule has 0 heterocycles. The quantitative estimate of drug-likeness (QED) is 0.883. The molecule has 94 valence electrons. The molecule has 0 saturated heterocycles. The maximum absolute atomic E-state index is 13.1. The van der Waals surface area contributed by atoms with E-state index in [-0.39, 0.29) is 5.02 Å². The van der Waals surface area contributed by atoms with Crippen molar-refractivity contribution >= 4 is 11.6 Å². The van der Waals surface area contributed by atoms with E-state index in [1.165, 1.54) is 24.3 Å². The van der Waals surface area contributed by atoms with Gasteiger partial charge in [0.05, 0.1) is 6.04 Å². The molecule has 2 N–H and O–H groups in total. The van der Waals surface area contributed by atoms with Crippen molar-refractivity contribution in [2.75, 3.05) is 0 Å². The summed E-state index contributed by atoms with van der Waals surface area (Å²) in [6, 6.07) is 6.20. The summed E-state index contributed by atoms with van der Waals surface area (Å²) in [4.78, 5) is 0. The lowest BCUT2D eigenvalue weighted by Crippen LogP contribution is -2.13. The minimum absolute atomic E-state index is 0.272. The Kier molecular flexibility index (Phi) is 3.59. The van der Waals surface area contributed by atoms with Crippen molar-refractivity contribution in [1.29, 1.82) is 0 Å². The van der Waals surface area contributed by atoms with Crippen LogP contribution >= 0.6 is 11.6 Å². The summed E-state index contributed by atoms with van der Waals surface area (Å²) in [5, 5.41) is 0.272. The Labute approximate surface area is 107 Å². The number of nitrogens with two attached hydrogens (primary N) is 1. The van der Waals surface area contributed by atoms with Crippen LogP contribution in [0.3, 0.4) is 0 Å². The Balaban J connectivity index is 2.44. The van der Waals surface area contributed by atoms with Gasteiger partial charge in [-0.2, -0.15) is 0 Å². The van der Waals surface area contributed by atoms with Gasteiger partial charge in [-0.15, -0.1) is 0 Å². The summed E-state index contributed by atoms with van der Waals surface area (Å²) in [6.45, 7) is 0. The number of hydrogen-bond donors (Lipinski definition) is 1. The van der Waals surface area contributed by atoms with Gasteiger partial charge in [0, 0.05) is 5.02 Å². The first-order valence-corrected chi connectivity index (χ1v) is 5.52. The monoisotopic (exact) mass is 271 g/mol. The lowest BCUT2D eigenvalue weighted by atomic mass is 9.99. The van der Waals surface area contributed by atoms with Crippen molar-refractivity contribution in [3.05, 3.63) is 70.0 Å². The molecule has 0 amide bonds. The molecule has 0 aliphatic heterocycles. The van der Waals surface area contributed by atoms with Crippen LogP contribution in [0.25, 0.3) is 0 Å². The van der Waals surface area contributed by atoms with E-state index >= 15 is 0 Å². The van der Waals surface area contributed by atoms with Crippen LogP contribution in [0.15, 0.2) is 36.4 Å². The van der Waals surface area contributed by atoms with E-state index in [9.17, 15) is 13.2 Å². The molecule has 0 spiro atoms. The van der Waals surface area contributed by atoms with Crippen molar-refractivity contribution in [3.8, 4) is 0 Å². The topological polar surface area (TPSA) is 26.0 Å². The Morgan fingerprint density at radius 1 is 0.944 bits per heavy atom. The number of benzene rings is 2. The first kappa shape index (κ1) is 12.9. The van der Waals surface area contributed by atoms with Gasteiger partial charge in [0.2, 0.25) is 0 Å². The third kappa shape index (κ3) is 2.49. The molecule has 1 atom stereocenters. The molecule has 0 aromatic heterocycles. The second-order valence-corrected chi connectivity index (χ2v) is 4.22. The summed E-state index contributed by atoms with van der Waals surface area (Å²) in [7, 11) is 0. The van der Waals surface area contributed by atoms with Crippen LogP contribution in [0.1, 0.15) is 17.2 Å². The lowest BCUT2D eigenvalue weighted by molar-refractivity contribution is 0.506. The molecule has 0 bridgehead atoms. The van der Waals surface area contributed by atoms with Crippen LogP contribution in [0.2, 0.25) is 5.02 Å². The molecule has 5 heteroatoms. The van der Waals surface area contributed by atoms with Crippen molar-refractivity contribution < 1.29 is 13.2 Å². The van der Waals surface area contributed by atoms with Gasteiger partial charge < -0.3 is 5.73 Å². The second kappa shape index (κ2) is 5.00. The molecule has 0 aliphatic rings. The molecule has 18 heavy (non-hydrogen) atoms. The summed E-state index contributed by atoms with van der Waals surface area (Å²) in [5.74, 6) is -2.46. The molecule has 0 fully saturated rings. The maximum atomic E-state index is 13.1. The fourth-order valence-electron chi connectivity index (χ4n) is 1.64. The standard InChI is InChI=1S/C13H9ClF3N/c14-10-3-2-8(15)6-9(10)13(18)7-1-4-11(16)12(17)5-7/h1-6,13H,18H2. The number of halogens is 4. The number of rotatable bonds is 2. The van der Waals surface area contributed by atoms with Crippen molar-refractivity contribution in [3.63, 3.8) is 0 Å². The third-order valence-corrected chi connectivity index (χ3v) is 2.94. The van der Waals surface area contributed by atoms with Gasteiger partial charge in [0.25, 0.3) is 0 Å². The molecule has 0 saturated carbocycles. The van der Waals surface area contributed by atoms with Gasteiger partial charge in [0.15, 0.2) is 11.6 Å². The highest BCUT2D eigenvalue weighted by molar-refractivity contribution is 6.31. The van der Waals surface area contributed by atoms with Crippen LogP contribution in [-0.2, 0) is 0 Å². The highest BCUT2D eigenvalue weighted by atomic mass is 35.5. The fourth-order valence-corrected chi connectivity index (χ4v) is 1.87. The highest BCUT2D eigenvalue weighted by Gasteiger charge is 2.15. The molecular formula is C13H9ClF3N. The van der Waals surface area contributed by atoms with Crippen molar-refractivity contribution in [2.45, 2.75) is 6.04 Å². The largest absolute Gasteiger partial charge is 0.320 e. The highest BCUT2D eigenvalue weighted by Crippen LogP contribution is 2.27. The lowest BCUT2D eigenvalue weighted by Gasteiger charge is -2.14. The molecule has 2 aromatic rings. The maximum Gasteiger partial charge on any atom is 0.159 e. The van der Waals surface area contributed by atoms with Crippen LogP contribution in [0.4, 0.5) is 13.2 Å². The molecule has 2 aromatic carbocycles. The van der Waals surface area contributed by atoms with Crippen LogP contribution < -0.4 is 5.73 Å². The third-order valence-electron chi connectivity index (χ3n) is 2.60. The van der Waals surface area contributed by atoms with Gasteiger partial charge in [0.1, 0.15) is 5.82 Å². The summed E-state index contributed by atoms with van der Waals surface area (Å²) >= 11 is 5.90. The zero-order valence-corrected chi connectivity index (χ0v) is 9.89. The summed E-state index contributed by atoms with van der Waals surface area (Å²) in [6.07, 6.45) is 0. The van der Waals surface area contributed by atoms with Crippen LogP contribution in [-0.4, -0.2) is 0 Å². The summed E-state index contributed by atoms with van der Waals surface area (Å²) in [5.41, 5.74) is 6.51. The Hall–Kier alpha value is -1.52. The minimum atomic E-state index is -1.00. The zero-order valence-electron chi connectivity index (χ0n) is 9.13. The van der Waals surface area contributed by atoms with Gasteiger partial charge in [-0.05, 0) is 41.5 Å². The molecule has 2 rings (SSSR count). The Morgan fingerprint density at radius 3 is 2.33 bits per heavy atom. The van der Waals surface area contributed by atoms with E-state index in [0.717, 1.165) is 12.1 Å².